The van der Waals surface area contributed by atoms with Crippen LogP contribution in [0.15, 0.2) is 28.8 Å². The minimum Gasteiger partial charge on any atom is -0.507 e. The van der Waals surface area contributed by atoms with Crippen molar-refractivity contribution in [3.8, 4) is 5.75 Å². The van der Waals surface area contributed by atoms with Gasteiger partial charge in [-0.1, -0.05) is 25.2 Å². The van der Waals surface area contributed by atoms with Crippen LogP contribution in [-0.2, 0) is 9.53 Å². The van der Waals surface area contributed by atoms with Crippen molar-refractivity contribution >= 4 is 33.8 Å². The first-order valence-corrected chi connectivity index (χ1v) is 9.40. The zero-order valence-electron chi connectivity index (χ0n) is 15.3. The zero-order valence-corrected chi connectivity index (χ0v) is 16.9. The highest BCUT2D eigenvalue weighted by atomic mass is 79.9. The molecule has 0 aliphatic carbocycles. The van der Waals surface area contributed by atoms with E-state index in [0.717, 1.165) is 0 Å². The van der Waals surface area contributed by atoms with Crippen molar-refractivity contribution in [3.63, 3.8) is 0 Å². The molecule has 3 N–H and O–H groups in total. The average Bonchev–Trinajstić information content (AvgIpc) is 2.61. The van der Waals surface area contributed by atoms with Gasteiger partial charge in [0.2, 0.25) is 0 Å². The topological polar surface area (TPSA) is 104 Å². The monoisotopic (exact) mass is 438 g/mol. The molecular weight excluding hydrogens is 416 g/mol. The van der Waals surface area contributed by atoms with Gasteiger partial charge in [-0.25, -0.2) is 4.79 Å². The van der Waals surface area contributed by atoms with Gasteiger partial charge in [0.15, 0.2) is 5.78 Å². The number of carbonyl (C=O) groups excluding carboxylic acids is 2. The number of aromatic hydroxyl groups is 1. The number of ether oxygens (including phenoxy) is 1. The molecule has 1 aliphatic heterocycles. The lowest BCUT2D eigenvalue weighted by molar-refractivity contribution is -0.127. The number of hydrogen-bond donors (Lipinski definition) is 3. The number of hydrogen-bond acceptors (Lipinski definition) is 6. The number of fused-ring (bicyclic) bond motifs is 1. The molecule has 4 atom stereocenters. The van der Waals surface area contributed by atoms with Crippen LogP contribution in [0.25, 0.3) is 6.08 Å². The third-order valence-electron chi connectivity index (χ3n) is 4.58. The van der Waals surface area contributed by atoms with E-state index in [4.69, 9.17) is 4.74 Å². The number of aryl methyl sites for hydroxylation is 1. The molecule has 0 saturated heterocycles. The highest BCUT2D eigenvalue weighted by Gasteiger charge is 2.26. The van der Waals surface area contributed by atoms with Crippen LogP contribution >= 0.6 is 15.9 Å². The first-order valence-electron chi connectivity index (χ1n) is 8.61. The Hall–Kier alpha value is -1.96. The smallest absolute Gasteiger partial charge is 0.342 e. The lowest BCUT2D eigenvalue weighted by Crippen LogP contribution is -2.32. The first-order chi connectivity index (χ1) is 12.6. The highest BCUT2D eigenvalue weighted by Crippen LogP contribution is 2.34. The predicted octanol–water partition coefficient (Wildman–Crippen LogP) is 2.91. The van der Waals surface area contributed by atoms with E-state index >= 15 is 0 Å². The Labute approximate surface area is 166 Å². The summed E-state index contributed by atoms with van der Waals surface area (Å²) in [6.45, 7) is 5.19. The molecule has 6 nitrogen and oxygen atoms in total. The Morgan fingerprint density at radius 1 is 1.19 bits per heavy atom. The normalized spacial score (nSPS) is 29.4. The molecule has 146 valence electrons. The second-order valence-corrected chi connectivity index (χ2v) is 7.49. The molecule has 2 rings (SSSR count). The molecule has 1 aliphatic rings. The van der Waals surface area contributed by atoms with Gasteiger partial charge in [-0.2, -0.15) is 0 Å². The average molecular weight is 439 g/mol. The van der Waals surface area contributed by atoms with Gasteiger partial charge in [-0.15, -0.1) is 0 Å². The molecule has 0 aromatic heterocycles. The number of halogens is 1. The van der Waals surface area contributed by atoms with Crippen LogP contribution in [0, 0.1) is 12.8 Å². The largest absolute Gasteiger partial charge is 0.507 e. The van der Waals surface area contributed by atoms with Crippen LogP contribution in [0.3, 0.4) is 0 Å². The van der Waals surface area contributed by atoms with Gasteiger partial charge in [0.25, 0.3) is 0 Å². The molecule has 0 fully saturated rings. The first kappa shape index (κ1) is 21.3. The predicted molar refractivity (Wildman–Crippen MR) is 104 cm³/mol. The molecule has 0 amide bonds. The van der Waals surface area contributed by atoms with Crippen molar-refractivity contribution in [2.75, 3.05) is 0 Å². The van der Waals surface area contributed by atoms with E-state index in [-0.39, 0.29) is 23.7 Å². The van der Waals surface area contributed by atoms with Crippen molar-refractivity contribution in [1.82, 2.24) is 0 Å². The second kappa shape index (κ2) is 8.82. The third kappa shape index (κ3) is 4.86. The van der Waals surface area contributed by atoms with Crippen LogP contribution in [0.5, 0.6) is 5.75 Å². The van der Waals surface area contributed by atoms with E-state index in [1.54, 1.807) is 26.8 Å². The van der Waals surface area contributed by atoms with E-state index in [1.165, 1.54) is 24.3 Å². The SMILES string of the molecule is Cc1cc(O)c2c(c1Br)/C=C/C[C@H](O)[C@H](O)C(=O)/C=C\[C@H](C)[C@H](C)OC2=O. The Morgan fingerprint density at radius 3 is 2.52 bits per heavy atom. The summed E-state index contributed by atoms with van der Waals surface area (Å²) in [7, 11) is 0. The zero-order chi connectivity index (χ0) is 20.3. The molecule has 0 unspecified atom stereocenters. The van der Waals surface area contributed by atoms with Gasteiger partial charge in [-0.3, -0.25) is 4.79 Å². The number of rotatable bonds is 0. The van der Waals surface area contributed by atoms with Crippen molar-refractivity contribution in [1.29, 1.82) is 0 Å². The van der Waals surface area contributed by atoms with Crippen LogP contribution in [-0.4, -0.2) is 45.4 Å². The van der Waals surface area contributed by atoms with Gasteiger partial charge >= 0.3 is 5.97 Å². The molecular formula is C20H23BrO6. The molecule has 1 aromatic carbocycles. The number of benzene rings is 1. The molecule has 27 heavy (non-hydrogen) atoms. The number of ketones is 1. The number of phenolic OH excluding ortho intramolecular Hbond substituents is 1. The molecule has 1 aromatic rings. The summed E-state index contributed by atoms with van der Waals surface area (Å²) in [6, 6.07) is 1.46. The maximum atomic E-state index is 12.7. The van der Waals surface area contributed by atoms with E-state index in [9.17, 15) is 24.9 Å². The fourth-order valence-corrected chi connectivity index (χ4v) is 3.10. The van der Waals surface area contributed by atoms with E-state index in [2.05, 4.69) is 15.9 Å². The number of aliphatic hydroxyl groups is 2. The Morgan fingerprint density at radius 2 is 1.85 bits per heavy atom. The number of carbonyl (C=O) groups is 2. The lowest BCUT2D eigenvalue weighted by atomic mass is 9.99. The highest BCUT2D eigenvalue weighted by molar-refractivity contribution is 9.10. The maximum Gasteiger partial charge on any atom is 0.342 e. The summed E-state index contributed by atoms with van der Waals surface area (Å²) in [6.07, 6.45) is 2.34. The number of esters is 1. The molecule has 7 heteroatoms. The minimum atomic E-state index is -1.55. The van der Waals surface area contributed by atoms with E-state index in [1.807, 2.05) is 0 Å². The quantitative estimate of drug-likeness (QED) is 0.537. The number of cyclic esters (lactones) is 1. The fourth-order valence-electron chi connectivity index (χ4n) is 2.65. The fraction of sp³-hybridized carbons (Fsp3) is 0.400. The summed E-state index contributed by atoms with van der Waals surface area (Å²) in [5.74, 6) is -1.84. The van der Waals surface area contributed by atoms with Crippen LogP contribution in [0.2, 0.25) is 0 Å². The van der Waals surface area contributed by atoms with E-state index < -0.39 is 30.1 Å². The Kier molecular flexibility index (Phi) is 6.97. The van der Waals surface area contributed by atoms with Crippen molar-refractivity contribution in [3.05, 3.63) is 45.5 Å². The Bertz CT molecular complexity index is 798. The molecule has 0 saturated carbocycles. The van der Waals surface area contributed by atoms with Crippen LogP contribution < -0.4 is 0 Å². The van der Waals surface area contributed by atoms with Gasteiger partial charge in [0.1, 0.15) is 23.5 Å². The maximum absolute atomic E-state index is 12.7. The van der Waals surface area contributed by atoms with Gasteiger partial charge < -0.3 is 20.1 Å². The standard InChI is InChI=1S/C20H23BrO6/c1-10-7-8-15(23)19(25)14(22)6-4-5-13-17(20(26)27-12(10)3)16(24)9-11(2)18(13)21/h4-5,7-10,12,14,19,22,24-25H,6H2,1-3H3/b5-4+,8-7-/t10-,12-,14-,19-/m0/s1. The lowest BCUT2D eigenvalue weighted by Gasteiger charge is -2.20. The summed E-state index contributed by atoms with van der Waals surface area (Å²) in [4.78, 5) is 24.7. The van der Waals surface area contributed by atoms with Crippen molar-refractivity contribution in [2.24, 2.45) is 5.92 Å². The summed E-state index contributed by atoms with van der Waals surface area (Å²) < 4.78 is 6.06. The summed E-state index contributed by atoms with van der Waals surface area (Å²) in [5, 5.41) is 30.3. The van der Waals surface area contributed by atoms with Crippen LogP contribution in [0.4, 0.5) is 0 Å². The van der Waals surface area contributed by atoms with Crippen molar-refractivity contribution in [2.45, 2.75) is 45.5 Å². The Balaban J connectivity index is 2.55. The molecule has 0 spiro atoms. The van der Waals surface area contributed by atoms with Crippen molar-refractivity contribution < 1.29 is 29.6 Å². The number of aliphatic hydroxyl groups excluding tert-OH is 2. The third-order valence-corrected chi connectivity index (χ3v) is 5.63. The van der Waals surface area contributed by atoms with Gasteiger partial charge in [0, 0.05) is 16.0 Å². The minimum absolute atomic E-state index is 0.00919. The molecule has 0 radical (unpaired) electrons. The molecule has 1 heterocycles. The summed E-state index contributed by atoms with van der Waals surface area (Å²) >= 11 is 3.41. The van der Waals surface area contributed by atoms with E-state index in [0.29, 0.717) is 15.6 Å². The summed E-state index contributed by atoms with van der Waals surface area (Å²) in [5.41, 5.74) is 1.12. The van der Waals surface area contributed by atoms with Crippen LogP contribution in [0.1, 0.15) is 41.8 Å². The number of phenols is 1. The van der Waals surface area contributed by atoms with Gasteiger partial charge in [-0.05, 0) is 53.9 Å². The van der Waals surface area contributed by atoms with Gasteiger partial charge in [0.05, 0.1) is 6.10 Å². The second-order valence-electron chi connectivity index (χ2n) is 6.70. The molecule has 0 bridgehead atoms.